The minimum atomic E-state index is -0.687. The lowest BCUT2D eigenvalue weighted by atomic mass is 10.2. The molecule has 0 spiro atoms. The summed E-state index contributed by atoms with van der Waals surface area (Å²) < 4.78 is 4.89. The maximum atomic E-state index is 12.1. The second-order valence-corrected chi connectivity index (χ2v) is 6.57. The molecule has 164 valence electrons. The van der Waals surface area contributed by atoms with E-state index >= 15 is 0 Å². The van der Waals surface area contributed by atoms with Crippen molar-refractivity contribution in [1.29, 1.82) is 0 Å². The quantitative estimate of drug-likeness (QED) is 0.289. The zero-order chi connectivity index (χ0) is 23.3. The summed E-state index contributed by atoms with van der Waals surface area (Å²) in [6.45, 7) is 0.0473. The fraction of sp³-hybridized carbons (Fsp3) is 0.111. The molecule has 32 heavy (non-hydrogen) atoms. The highest BCUT2D eigenvalue weighted by molar-refractivity contribution is 6.34. The molecule has 3 rings (SSSR count). The molecule has 13 nitrogen and oxygen atoms in total. The zero-order valence-corrected chi connectivity index (χ0v) is 16.7. The predicted molar refractivity (Wildman–Crippen MR) is 109 cm³/mol. The van der Waals surface area contributed by atoms with Gasteiger partial charge in [-0.25, -0.2) is 0 Å². The number of amides is 2. The number of hydrogen-bond donors (Lipinski definition) is 2. The number of carbonyl (C=O) groups excluding carboxylic acids is 2. The van der Waals surface area contributed by atoms with Crippen molar-refractivity contribution in [3.8, 4) is 11.4 Å². The van der Waals surface area contributed by atoms with Crippen LogP contribution < -0.4 is 10.6 Å². The van der Waals surface area contributed by atoms with E-state index in [2.05, 4.69) is 20.8 Å². The van der Waals surface area contributed by atoms with E-state index in [1.165, 1.54) is 30.3 Å². The van der Waals surface area contributed by atoms with Crippen LogP contribution in [0, 0.1) is 20.2 Å². The Morgan fingerprint density at radius 1 is 0.938 bits per heavy atom. The number of aromatic nitrogens is 2. The number of nitro benzene ring substituents is 2. The van der Waals surface area contributed by atoms with Gasteiger partial charge in [0.1, 0.15) is 0 Å². The molecule has 0 unspecified atom stereocenters. The van der Waals surface area contributed by atoms with Gasteiger partial charge >= 0.3 is 11.8 Å². The van der Waals surface area contributed by atoms with Gasteiger partial charge < -0.3 is 15.2 Å². The van der Waals surface area contributed by atoms with E-state index in [0.29, 0.717) is 5.56 Å². The third-order valence-electron chi connectivity index (χ3n) is 4.06. The van der Waals surface area contributed by atoms with Crippen LogP contribution in [0.25, 0.3) is 11.4 Å². The molecular weight excluding hydrogens is 448 g/mol. The third kappa shape index (κ3) is 5.20. The predicted octanol–water partition coefficient (Wildman–Crippen LogP) is 2.37. The van der Waals surface area contributed by atoms with E-state index in [-0.39, 0.29) is 46.8 Å². The topological polar surface area (TPSA) is 183 Å². The van der Waals surface area contributed by atoms with Crippen molar-refractivity contribution < 1.29 is 24.0 Å². The highest BCUT2D eigenvalue weighted by atomic mass is 35.5. The molecule has 0 radical (unpaired) electrons. The standard InChI is InChI=1S/C18H13ClN6O7/c19-14-9-12(25(30)31)5-6-13(14)16(26)20-7-8-21-17(27)18-22-15(23-32-18)10-1-3-11(4-2-10)24(28)29/h1-6,9H,7-8H2,(H,20,26)(H,21,27). The second kappa shape index (κ2) is 9.61. The number of non-ortho nitro benzene ring substituents is 2. The highest BCUT2D eigenvalue weighted by Crippen LogP contribution is 2.22. The van der Waals surface area contributed by atoms with Crippen molar-refractivity contribution in [1.82, 2.24) is 20.8 Å². The lowest BCUT2D eigenvalue weighted by molar-refractivity contribution is -0.385. The van der Waals surface area contributed by atoms with Gasteiger partial charge in [-0.2, -0.15) is 4.98 Å². The van der Waals surface area contributed by atoms with Crippen LogP contribution in [0.2, 0.25) is 5.02 Å². The van der Waals surface area contributed by atoms with Crippen LogP contribution in [-0.2, 0) is 0 Å². The van der Waals surface area contributed by atoms with E-state index in [1.54, 1.807) is 0 Å². The summed E-state index contributed by atoms with van der Waals surface area (Å²) in [6.07, 6.45) is 0. The third-order valence-corrected chi connectivity index (χ3v) is 4.37. The first-order chi connectivity index (χ1) is 15.3. The van der Waals surface area contributed by atoms with Gasteiger partial charge in [0.15, 0.2) is 0 Å². The van der Waals surface area contributed by atoms with E-state index in [0.717, 1.165) is 12.1 Å². The molecule has 0 aliphatic rings. The number of benzene rings is 2. The number of carbonyl (C=O) groups is 2. The Morgan fingerprint density at radius 2 is 1.53 bits per heavy atom. The molecule has 2 amide bonds. The molecule has 0 aliphatic carbocycles. The maximum absolute atomic E-state index is 12.1. The van der Waals surface area contributed by atoms with Gasteiger partial charge in [-0.05, 0) is 18.2 Å². The van der Waals surface area contributed by atoms with Crippen molar-refractivity contribution in [3.05, 3.63) is 79.2 Å². The van der Waals surface area contributed by atoms with Gasteiger partial charge in [0, 0.05) is 42.9 Å². The number of nitrogens with one attached hydrogen (secondary N) is 2. The average molecular weight is 461 g/mol. The summed E-state index contributed by atoms with van der Waals surface area (Å²) in [5, 5.41) is 30.0. The largest absolute Gasteiger partial charge is 0.350 e. The van der Waals surface area contributed by atoms with Crippen LogP contribution in [0.15, 0.2) is 47.0 Å². The van der Waals surface area contributed by atoms with Crippen LogP contribution in [0.4, 0.5) is 11.4 Å². The molecule has 0 fully saturated rings. The van der Waals surface area contributed by atoms with Gasteiger partial charge in [-0.3, -0.25) is 29.8 Å². The van der Waals surface area contributed by atoms with Crippen LogP contribution in [0.3, 0.4) is 0 Å². The number of halogens is 1. The monoisotopic (exact) mass is 460 g/mol. The van der Waals surface area contributed by atoms with Gasteiger partial charge in [0.2, 0.25) is 5.82 Å². The number of hydrogen-bond acceptors (Lipinski definition) is 9. The summed E-state index contributed by atoms with van der Waals surface area (Å²) >= 11 is 5.89. The molecule has 2 N–H and O–H groups in total. The van der Waals surface area contributed by atoms with Gasteiger partial charge in [0.25, 0.3) is 17.3 Å². The lowest BCUT2D eigenvalue weighted by Crippen LogP contribution is -2.34. The minimum absolute atomic E-state index is 0.0183. The van der Waals surface area contributed by atoms with Crippen molar-refractivity contribution in [3.63, 3.8) is 0 Å². The molecule has 2 aromatic carbocycles. The molecule has 0 saturated carbocycles. The Kier molecular flexibility index (Phi) is 6.70. The molecule has 0 bridgehead atoms. The first-order valence-corrected chi connectivity index (χ1v) is 9.23. The first kappa shape index (κ1) is 22.3. The second-order valence-electron chi connectivity index (χ2n) is 6.16. The summed E-state index contributed by atoms with van der Waals surface area (Å²) in [6, 6.07) is 8.83. The Hall–Kier alpha value is -4.39. The molecule has 0 atom stereocenters. The number of nitro groups is 2. The summed E-state index contributed by atoms with van der Waals surface area (Å²) in [5.74, 6) is -1.51. The first-order valence-electron chi connectivity index (χ1n) is 8.85. The Labute approximate surface area is 183 Å². The fourth-order valence-electron chi connectivity index (χ4n) is 2.49. The van der Waals surface area contributed by atoms with Gasteiger partial charge in [0.05, 0.1) is 20.4 Å². The molecule has 1 heterocycles. The summed E-state index contributed by atoms with van der Waals surface area (Å²) in [4.78, 5) is 48.4. The minimum Gasteiger partial charge on any atom is -0.350 e. The van der Waals surface area contributed by atoms with Crippen molar-refractivity contribution in [2.75, 3.05) is 13.1 Å². The van der Waals surface area contributed by atoms with Crippen molar-refractivity contribution >= 4 is 34.8 Å². The lowest BCUT2D eigenvalue weighted by Gasteiger charge is -2.07. The average Bonchev–Trinajstić information content (AvgIpc) is 3.26. The summed E-state index contributed by atoms with van der Waals surface area (Å²) in [5.41, 5.74) is 0.123. The molecule has 1 aromatic heterocycles. The molecule has 14 heteroatoms. The van der Waals surface area contributed by atoms with Crippen LogP contribution in [0.5, 0.6) is 0 Å². The summed E-state index contributed by atoms with van der Waals surface area (Å²) in [7, 11) is 0. The molecule has 3 aromatic rings. The number of rotatable bonds is 8. The van der Waals surface area contributed by atoms with E-state index < -0.39 is 21.7 Å². The molecule has 0 aliphatic heterocycles. The van der Waals surface area contributed by atoms with E-state index in [4.69, 9.17) is 16.1 Å². The van der Waals surface area contributed by atoms with Crippen LogP contribution in [0.1, 0.15) is 21.0 Å². The van der Waals surface area contributed by atoms with Crippen molar-refractivity contribution in [2.24, 2.45) is 0 Å². The van der Waals surface area contributed by atoms with Gasteiger partial charge in [-0.15, -0.1) is 0 Å². The van der Waals surface area contributed by atoms with Gasteiger partial charge in [-0.1, -0.05) is 16.8 Å². The van der Waals surface area contributed by atoms with Crippen molar-refractivity contribution in [2.45, 2.75) is 0 Å². The van der Waals surface area contributed by atoms with Crippen LogP contribution in [-0.4, -0.2) is 44.9 Å². The van der Waals surface area contributed by atoms with Crippen LogP contribution >= 0.6 is 11.6 Å². The van der Waals surface area contributed by atoms with E-state index in [1.807, 2.05) is 0 Å². The number of nitrogens with zero attached hydrogens (tertiary/aromatic N) is 4. The maximum Gasteiger partial charge on any atom is 0.316 e. The van der Waals surface area contributed by atoms with E-state index in [9.17, 15) is 29.8 Å². The molecule has 0 saturated heterocycles. The molecular formula is C18H13ClN6O7. The Morgan fingerprint density at radius 3 is 2.12 bits per heavy atom. The smallest absolute Gasteiger partial charge is 0.316 e. The highest BCUT2D eigenvalue weighted by Gasteiger charge is 2.17. The fourth-order valence-corrected chi connectivity index (χ4v) is 2.75. The SMILES string of the molecule is O=C(NCCNC(=O)c1ccc([N+](=O)[O-])cc1Cl)c1nc(-c2ccc([N+](=O)[O-])cc2)no1. The Bertz CT molecular complexity index is 1190. The zero-order valence-electron chi connectivity index (χ0n) is 16.0. The normalized spacial score (nSPS) is 10.4. The Balaban J connectivity index is 1.51.